The number of aromatic nitrogens is 2. The molecule has 366 valence electrons. The molecule has 0 bridgehead atoms. The molecule has 0 radical (unpaired) electrons. The monoisotopic (exact) mass is 960 g/mol. The molecular weight excluding hydrogens is 895 g/mol. The van der Waals surface area contributed by atoms with E-state index in [0.717, 1.165) is 120 Å². The number of hydrogen-bond donors (Lipinski definition) is 3. The molecule has 11 rings (SSSR count). The molecule has 3 spiro atoms. The van der Waals surface area contributed by atoms with E-state index in [2.05, 4.69) is 42.8 Å². The summed E-state index contributed by atoms with van der Waals surface area (Å²) in [5.74, 6) is -1.51. The number of amides is 4. The molecule has 2 saturated carbocycles. The maximum absolute atomic E-state index is 16.6. The number of nitrogens with zero attached hydrogens (tertiary/aromatic N) is 5. The van der Waals surface area contributed by atoms with Crippen LogP contribution < -0.4 is 21.6 Å². The minimum Gasteiger partial charge on any atom is -0.352 e. The lowest BCUT2D eigenvalue weighted by Crippen LogP contribution is -2.61. The predicted octanol–water partition coefficient (Wildman–Crippen LogP) is 6.72. The second kappa shape index (κ2) is 17.8. The van der Waals surface area contributed by atoms with Crippen molar-refractivity contribution in [3.05, 3.63) is 98.2 Å². The van der Waals surface area contributed by atoms with Gasteiger partial charge in [-0.05, 0) is 149 Å². The van der Waals surface area contributed by atoms with Gasteiger partial charge in [-0.1, -0.05) is 61.2 Å². The molecule has 3 N–H and O–H groups in total. The second-order valence-electron chi connectivity index (χ2n) is 22.0. The maximum atomic E-state index is 16.6. The fourth-order valence-corrected chi connectivity index (χ4v) is 14.9. The molecule has 5 aliphatic heterocycles. The van der Waals surface area contributed by atoms with Gasteiger partial charge in [0, 0.05) is 67.9 Å². The van der Waals surface area contributed by atoms with E-state index in [4.69, 9.17) is 11.6 Å². The number of imide groups is 1. The van der Waals surface area contributed by atoms with E-state index in [0.29, 0.717) is 45.1 Å². The minimum absolute atomic E-state index is 0.0207. The Kier molecular flexibility index (Phi) is 12.0. The first-order valence-electron chi connectivity index (χ1n) is 25.6. The van der Waals surface area contributed by atoms with Crippen LogP contribution in [0.25, 0.3) is 11.0 Å². The van der Waals surface area contributed by atoms with Gasteiger partial charge in [0.15, 0.2) is 0 Å². The number of benzene rings is 3. The first-order valence-corrected chi connectivity index (χ1v) is 26.0. The van der Waals surface area contributed by atoms with Gasteiger partial charge in [0.05, 0.1) is 17.1 Å². The van der Waals surface area contributed by atoms with Gasteiger partial charge in [0.2, 0.25) is 23.6 Å². The van der Waals surface area contributed by atoms with Gasteiger partial charge in [0.25, 0.3) is 0 Å². The maximum Gasteiger partial charge on any atom is 0.329 e. The number of anilines is 1. The van der Waals surface area contributed by atoms with Gasteiger partial charge >= 0.3 is 5.69 Å². The summed E-state index contributed by atoms with van der Waals surface area (Å²) < 4.78 is 19.8. The van der Waals surface area contributed by atoms with Crippen LogP contribution in [0.4, 0.5) is 10.1 Å². The minimum atomic E-state index is -1.18. The number of likely N-dealkylation sites (N-methyl/N-ethyl adjacent to an activating group) is 1. The molecule has 15 heteroatoms. The van der Waals surface area contributed by atoms with Crippen LogP contribution in [0.5, 0.6) is 0 Å². The standard InChI is InChI=1S/C54H66ClFN8O5/c1-33-8-7-9-38(46(33)56)45-47(61(3)53(21-5-4-6-22-53)54(45)39-16-13-36(55)29-40(39)58-50(54)68)49(67)57-37-14-10-35(11-15-37)30-63-31-52(32-63)23-26-62(27-24-52)25-20-34-12-17-41-43(28-34)60(2)51(69)64(41)42-18-19-44(65)59-48(42)66/h7-9,12-13,16-17,28-29,35,37,42,45,47H,4-6,10-11,14-15,18-27,30-32H2,1-3H3,(H,57,67)(H,58,68)(H,59,65,66)/t35?,37?,42?,45-,47+,54+/m0/s1. The van der Waals surface area contributed by atoms with E-state index in [1.165, 1.54) is 17.4 Å². The molecule has 4 amide bonds. The summed E-state index contributed by atoms with van der Waals surface area (Å²) in [7, 11) is 3.75. The number of carbonyl (C=O) groups excluding carboxylic acids is 4. The highest BCUT2D eigenvalue weighted by atomic mass is 35.5. The van der Waals surface area contributed by atoms with Crippen LogP contribution in [0.1, 0.15) is 118 Å². The Balaban J connectivity index is 0.695. The highest BCUT2D eigenvalue weighted by Gasteiger charge is 2.74. The highest BCUT2D eigenvalue weighted by molar-refractivity contribution is 6.31. The lowest BCUT2D eigenvalue weighted by atomic mass is 9.55. The summed E-state index contributed by atoms with van der Waals surface area (Å²) in [5, 5.41) is 9.58. The van der Waals surface area contributed by atoms with Crippen LogP contribution >= 0.6 is 11.6 Å². The van der Waals surface area contributed by atoms with E-state index in [-0.39, 0.29) is 41.7 Å². The van der Waals surface area contributed by atoms with E-state index in [1.807, 2.05) is 31.3 Å². The third kappa shape index (κ3) is 7.60. The molecule has 3 aromatic carbocycles. The number of piperidine rings is 2. The van der Waals surface area contributed by atoms with E-state index in [9.17, 15) is 19.2 Å². The summed E-state index contributed by atoms with van der Waals surface area (Å²) in [6.07, 6.45) is 12.1. The fraction of sp³-hybridized carbons (Fsp3) is 0.574. The molecule has 1 aromatic heterocycles. The fourth-order valence-electron chi connectivity index (χ4n) is 14.7. The zero-order valence-corrected chi connectivity index (χ0v) is 41.0. The molecule has 13 nitrogen and oxygen atoms in total. The van der Waals surface area contributed by atoms with Crippen molar-refractivity contribution in [1.29, 1.82) is 0 Å². The Morgan fingerprint density at radius 2 is 1.61 bits per heavy atom. The summed E-state index contributed by atoms with van der Waals surface area (Å²) in [4.78, 5) is 75.0. The number of nitrogens with one attached hydrogen (secondary N) is 3. The Bertz CT molecular complexity index is 2780. The molecule has 1 unspecified atom stereocenters. The average molecular weight is 962 g/mol. The number of likely N-dealkylation sites (tertiary alicyclic amines) is 3. The smallest absolute Gasteiger partial charge is 0.329 e. The van der Waals surface area contributed by atoms with Crippen molar-refractivity contribution in [1.82, 2.24) is 34.5 Å². The molecule has 6 heterocycles. The second-order valence-corrected chi connectivity index (χ2v) is 22.5. The molecule has 6 fully saturated rings. The largest absolute Gasteiger partial charge is 0.352 e. The van der Waals surface area contributed by atoms with Crippen LogP contribution in [0.15, 0.2) is 59.4 Å². The van der Waals surface area contributed by atoms with Crippen LogP contribution in [-0.4, -0.2) is 111 Å². The third-order valence-corrected chi connectivity index (χ3v) is 18.5. The number of carbonyl (C=O) groups is 4. The van der Waals surface area contributed by atoms with Crippen molar-refractivity contribution in [2.24, 2.45) is 18.4 Å². The number of hydrogen-bond acceptors (Lipinski definition) is 8. The molecule has 4 atom stereocenters. The summed E-state index contributed by atoms with van der Waals surface area (Å²) >= 11 is 6.50. The summed E-state index contributed by atoms with van der Waals surface area (Å²) in [6, 6.07) is 15.6. The molecule has 4 saturated heterocycles. The van der Waals surface area contributed by atoms with Gasteiger partial charge < -0.3 is 20.4 Å². The van der Waals surface area contributed by atoms with Crippen LogP contribution in [0, 0.1) is 24.1 Å². The number of imidazole rings is 1. The van der Waals surface area contributed by atoms with E-state index < -0.39 is 34.9 Å². The Hall–Kier alpha value is -4.89. The molecular formula is C54H66ClFN8O5. The van der Waals surface area contributed by atoms with Crippen molar-refractivity contribution in [2.45, 2.75) is 132 Å². The molecule has 2 aliphatic carbocycles. The van der Waals surface area contributed by atoms with Crippen molar-refractivity contribution in [3.8, 4) is 0 Å². The average Bonchev–Trinajstić information content (AvgIpc) is 3.84. The van der Waals surface area contributed by atoms with Gasteiger partial charge in [-0.2, -0.15) is 0 Å². The number of rotatable bonds is 9. The van der Waals surface area contributed by atoms with Gasteiger partial charge in [-0.25, -0.2) is 9.18 Å². The van der Waals surface area contributed by atoms with Gasteiger partial charge in [-0.15, -0.1) is 0 Å². The normalized spacial score (nSPS) is 29.1. The van der Waals surface area contributed by atoms with Crippen LogP contribution in [0.3, 0.4) is 0 Å². The van der Waals surface area contributed by atoms with Crippen molar-refractivity contribution < 1.29 is 23.6 Å². The lowest BCUT2D eigenvalue weighted by molar-refractivity contribution is -0.136. The van der Waals surface area contributed by atoms with E-state index in [1.54, 1.807) is 36.7 Å². The Labute approximate surface area is 408 Å². The van der Waals surface area contributed by atoms with E-state index >= 15 is 9.18 Å². The lowest BCUT2D eigenvalue weighted by Gasteiger charge is -2.55. The van der Waals surface area contributed by atoms with Crippen molar-refractivity contribution >= 4 is 52.0 Å². The van der Waals surface area contributed by atoms with Gasteiger partial charge in [-0.3, -0.25) is 38.5 Å². The zero-order chi connectivity index (χ0) is 48.0. The first kappa shape index (κ1) is 46.5. The molecule has 7 aliphatic rings. The van der Waals surface area contributed by atoms with Gasteiger partial charge in [0.1, 0.15) is 17.3 Å². The number of aryl methyl sites for hydroxylation is 2. The molecule has 69 heavy (non-hydrogen) atoms. The SMILES string of the molecule is Cc1cccc([C@H]2[C@H](C(=O)NC3CCC(CN4CC5(CCN(CCc6ccc7c(c6)n(C)c(=O)n7C6CCC(=O)NC6=O)CC5)C4)CC3)N(C)C3(CCCCC3)[C@@]23C(=O)Nc2cc(Cl)ccc23)c1F. The quantitative estimate of drug-likeness (QED) is 0.157. The third-order valence-electron chi connectivity index (χ3n) is 18.3. The predicted molar refractivity (Wildman–Crippen MR) is 264 cm³/mol. The Morgan fingerprint density at radius 3 is 2.35 bits per heavy atom. The number of fused-ring (bicyclic) bond motifs is 4. The number of halogens is 2. The van der Waals surface area contributed by atoms with Crippen molar-refractivity contribution in [3.63, 3.8) is 0 Å². The first-order chi connectivity index (χ1) is 33.2. The summed E-state index contributed by atoms with van der Waals surface area (Å²) in [6.45, 7) is 8.24. The van der Waals surface area contributed by atoms with Crippen LogP contribution in [-0.2, 0) is 38.1 Å². The Morgan fingerprint density at radius 1 is 0.855 bits per heavy atom. The molecule has 4 aromatic rings. The zero-order valence-electron chi connectivity index (χ0n) is 40.3. The highest BCUT2D eigenvalue weighted by Crippen LogP contribution is 2.66. The van der Waals surface area contributed by atoms with Crippen LogP contribution in [0.2, 0.25) is 5.02 Å². The van der Waals surface area contributed by atoms with Crippen molar-refractivity contribution in [2.75, 3.05) is 51.6 Å². The topological polar surface area (TPSA) is 141 Å². The summed E-state index contributed by atoms with van der Waals surface area (Å²) in [5.41, 5.74) is 3.34.